The summed E-state index contributed by atoms with van der Waals surface area (Å²) in [5.74, 6) is 2.04. The molecule has 1 amide bonds. The number of nitrogens with one attached hydrogen (secondary N) is 1. The minimum Gasteiger partial charge on any atom is -0.497 e. The van der Waals surface area contributed by atoms with Crippen molar-refractivity contribution in [2.24, 2.45) is 0 Å². The second-order valence-electron chi connectivity index (χ2n) is 9.22. The van der Waals surface area contributed by atoms with Gasteiger partial charge >= 0.3 is 0 Å². The molecule has 1 fully saturated rings. The van der Waals surface area contributed by atoms with Crippen LogP contribution in [0.5, 0.6) is 17.2 Å². The van der Waals surface area contributed by atoms with Crippen molar-refractivity contribution < 1.29 is 19.0 Å². The lowest BCUT2D eigenvalue weighted by atomic mass is 10.0. The van der Waals surface area contributed by atoms with Gasteiger partial charge in [0.05, 0.1) is 13.7 Å². The molecule has 0 aliphatic carbocycles. The summed E-state index contributed by atoms with van der Waals surface area (Å²) in [5, 5.41) is 3.66. The van der Waals surface area contributed by atoms with Gasteiger partial charge in [-0.05, 0) is 75.2 Å². The van der Waals surface area contributed by atoms with Crippen LogP contribution in [0.15, 0.2) is 42.5 Å². The Morgan fingerprint density at radius 1 is 1.06 bits per heavy atom. The largest absolute Gasteiger partial charge is 0.497 e. The molecular formula is C28H41N3O4. The first-order chi connectivity index (χ1) is 16.9. The SMILES string of the molecule is CCOc1cc(CNCC(c2ccc(OC)cc2)N2CCCCC2)ccc1OC(C)C(=O)N(C)C. The van der Waals surface area contributed by atoms with Crippen molar-refractivity contribution in [2.45, 2.75) is 51.8 Å². The fraction of sp³-hybridized carbons (Fsp3) is 0.536. The van der Waals surface area contributed by atoms with Crippen molar-refractivity contribution in [3.05, 3.63) is 53.6 Å². The van der Waals surface area contributed by atoms with Crippen LogP contribution in [0.2, 0.25) is 0 Å². The summed E-state index contributed by atoms with van der Waals surface area (Å²) in [7, 11) is 5.15. The lowest BCUT2D eigenvalue weighted by Gasteiger charge is -2.35. The fourth-order valence-corrected chi connectivity index (χ4v) is 4.50. The number of hydrogen-bond donors (Lipinski definition) is 1. The maximum absolute atomic E-state index is 12.2. The molecule has 7 heteroatoms. The van der Waals surface area contributed by atoms with E-state index in [1.54, 1.807) is 28.1 Å². The van der Waals surface area contributed by atoms with Crippen molar-refractivity contribution in [3.8, 4) is 17.2 Å². The lowest BCUT2D eigenvalue weighted by Crippen LogP contribution is -2.39. The van der Waals surface area contributed by atoms with Gasteiger partial charge in [-0.3, -0.25) is 9.69 Å². The van der Waals surface area contributed by atoms with Crippen LogP contribution in [0.4, 0.5) is 0 Å². The predicted octanol–water partition coefficient (Wildman–Crippen LogP) is 4.27. The van der Waals surface area contributed by atoms with Crippen LogP contribution in [-0.4, -0.2) is 69.3 Å². The number of carbonyl (C=O) groups excluding carboxylic acids is 1. The molecule has 1 heterocycles. The molecule has 0 spiro atoms. The monoisotopic (exact) mass is 483 g/mol. The van der Waals surface area contributed by atoms with Crippen molar-refractivity contribution in [2.75, 3.05) is 47.4 Å². The number of likely N-dealkylation sites (tertiary alicyclic amines) is 1. The minimum atomic E-state index is -0.581. The van der Waals surface area contributed by atoms with E-state index in [9.17, 15) is 4.79 Å². The molecule has 3 rings (SSSR count). The van der Waals surface area contributed by atoms with E-state index in [1.165, 1.54) is 29.7 Å². The van der Waals surface area contributed by atoms with Crippen LogP contribution >= 0.6 is 0 Å². The van der Waals surface area contributed by atoms with Crippen LogP contribution in [0, 0.1) is 0 Å². The third kappa shape index (κ3) is 7.61. The van der Waals surface area contributed by atoms with Gasteiger partial charge in [0, 0.05) is 33.2 Å². The molecule has 2 aromatic carbocycles. The van der Waals surface area contributed by atoms with E-state index in [-0.39, 0.29) is 5.91 Å². The summed E-state index contributed by atoms with van der Waals surface area (Å²) in [6.45, 7) is 8.05. The number of carbonyl (C=O) groups is 1. The lowest BCUT2D eigenvalue weighted by molar-refractivity contribution is -0.135. The Hall–Kier alpha value is -2.77. The van der Waals surface area contributed by atoms with Gasteiger partial charge in [-0.2, -0.15) is 0 Å². The Morgan fingerprint density at radius 2 is 1.77 bits per heavy atom. The zero-order chi connectivity index (χ0) is 25.2. The topological polar surface area (TPSA) is 63.3 Å². The Morgan fingerprint density at radius 3 is 2.40 bits per heavy atom. The molecule has 192 valence electrons. The summed E-state index contributed by atoms with van der Waals surface area (Å²) in [6.07, 6.45) is 3.23. The number of hydrogen-bond acceptors (Lipinski definition) is 6. The standard InChI is InChI=1S/C28H41N3O4/c1-6-34-27-18-22(10-15-26(27)35-21(2)28(32)30(3)4)19-29-20-25(31-16-8-7-9-17-31)23-11-13-24(33-5)14-12-23/h10-15,18,21,25,29H,6-9,16-17,19-20H2,1-5H3. The van der Waals surface area contributed by atoms with Gasteiger partial charge in [0.1, 0.15) is 5.75 Å². The van der Waals surface area contributed by atoms with Gasteiger partial charge in [0.15, 0.2) is 17.6 Å². The van der Waals surface area contributed by atoms with Crippen LogP contribution in [0.1, 0.15) is 50.3 Å². The Bertz CT molecular complexity index is 926. The number of likely N-dealkylation sites (N-methyl/N-ethyl adjacent to an activating group) is 1. The number of ether oxygens (including phenoxy) is 3. The van der Waals surface area contributed by atoms with Crippen molar-refractivity contribution in [3.63, 3.8) is 0 Å². The van der Waals surface area contributed by atoms with E-state index in [0.717, 1.165) is 30.9 Å². The second-order valence-corrected chi connectivity index (χ2v) is 9.22. The van der Waals surface area contributed by atoms with Crippen molar-refractivity contribution in [1.82, 2.24) is 15.1 Å². The zero-order valence-electron chi connectivity index (χ0n) is 21.9. The molecular weight excluding hydrogens is 442 g/mol. The van der Waals surface area contributed by atoms with E-state index < -0.39 is 6.10 Å². The highest BCUT2D eigenvalue weighted by Gasteiger charge is 2.22. The first-order valence-electron chi connectivity index (χ1n) is 12.6. The van der Waals surface area contributed by atoms with Gasteiger partial charge in [0.2, 0.25) is 0 Å². The molecule has 0 bridgehead atoms. The molecule has 2 unspecified atom stereocenters. The van der Waals surface area contributed by atoms with Gasteiger partial charge in [-0.25, -0.2) is 0 Å². The normalized spacial score (nSPS) is 15.8. The first-order valence-corrected chi connectivity index (χ1v) is 12.6. The average molecular weight is 484 g/mol. The molecule has 0 radical (unpaired) electrons. The summed E-state index contributed by atoms with van der Waals surface area (Å²) < 4.78 is 17.1. The number of piperidine rings is 1. The maximum atomic E-state index is 12.2. The molecule has 1 saturated heterocycles. The van der Waals surface area contributed by atoms with Crippen LogP contribution in [-0.2, 0) is 11.3 Å². The first kappa shape index (κ1) is 26.8. The summed E-state index contributed by atoms with van der Waals surface area (Å²) in [6, 6.07) is 14.7. The van der Waals surface area contributed by atoms with E-state index in [1.807, 2.05) is 37.3 Å². The van der Waals surface area contributed by atoms with E-state index >= 15 is 0 Å². The van der Waals surface area contributed by atoms with Crippen molar-refractivity contribution >= 4 is 5.91 Å². The quantitative estimate of drug-likeness (QED) is 0.487. The smallest absolute Gasteiger partial charge is 0.262 e. The molecule has 2 atom stereocenters. The number of amides is 1. The molecule has 2 aromatic rings. The predicted molar refractivity (Wildman–Crippen MR) is 139 cm³/mol. The number of benzene rings is 2. The molecule has 1 aliphatic rings. The highest BCUT2D eigenvalue weighted by molar-refractivity contribution is 5.80. The second kappa shape index (κ2) is 13.4. The highest BCUT2D eigenvalue weighted by Crippen LogP contribution is 2.30. The average Bonchev–Trinajstić information content (AvgIpc) is 2.88. The van der Waals surface area contributed by atoms with E-state index in [4.69, 9.17) is 14.2 Å². The van der Waals surface area contributed by atoms with Gasteiger partial charge in [0.25, 0.3) is 5.91 Å². The molecule has 7 nitrogen and oxygen atoms in total. The summed E-state index contributed by atoms with van der Waals surface area (Å²) in [4.78, 5) is 16.3. The zero-order valence-corrected chi connectivity index (χ0v) is 21.9. The van der Waals surface area contributed by atoms with Gasteiger partial charge < -0.3 is 24.4 Å². The highest BCUT2D eigenvalue weighted by atomic mass is 16.5. The molecule has 0 aromatic heterocycles. The Labute approximate surface area is 210 Å². The molecule has 0 saturated carbocycles. The third-order valence-electron chi connectivity index (χ3n) is 6.40. The number of nitrogens with zero attached hydrogens (tertiary/aromatic N) is 2. The fourth-order valence-electron chi connectivity index (χ4n) is 4.50. The molecule has 1 N–H and O–H groups in total. The maximum Gasteiger partial charge on any atom is 0.262 e. The van der Waals surface area contributed by atoms with Crippen molar-refractivity contribution in [1.29, 1.82) is 0 Å². The minimum absolute atomic E-state index is 0.0829. The van der Waals surface area contributed by atoms with E-state index in [2.05, 4.69) is 22.3 Å². The Kier molecular flexibility index (Phi) is 10.2. The summed E-state index contributed by atoms with van der Waals surface area (Å²) >= 11 is 0. The third-order valence-corrected chi connectivity index (χ3v) is 6.40. The van der Waals surface area contributed by atoms with Gasteiger partial charge in [-0.1, -0.05) is 24.6 Å². The van der Waals surface area contributed by atoms with Crippen LogP contribution in [0.25, 0.3) is 0 Å². The number of methoxy groups -OCH3 is 1. The Balaban J connectivity index is 1.67. The van der Waals surface area contributed by atoms with Gasteiger partial charge in [-0.15, -0.1) is 0 Å². The summed E-state index contributed by atoms with van der Waals surface area (Å²) in [5.41, 5.74) is 2.41. The number of rotatable bonds is 12. The van der Waals surface area contributed by atoms with Crippen LogP contribution in [0.3, 0.4) is 0 Å². The van der Waals surface area contributed by atoms with E-state index in [0.29, 0.717) is 30.7 Å². The molecule has 35 heavy (non-hydrogen) atoms. The van der Waals surface area contributed by atoms with Crippen LogP contribution < -0.4 is 19.5 Å². The molecule has 1 aliphatic heterocycles.